The molecule has 0 unspecified atom stereocenters. The summed E-state index contributed by atoms with van der Waals surface area (Å²) in [5, 5.41) is 0. The maximum Gasteiger partial charge on any atom is 0.335 e. The van der Waals surface area contributed by atoms with Gasteiger partial charge in [-0.15, -0.1) is 0 Å². The largest absolute Gasteiger partial charge is 0.477 e. The minimum Gasteiger partial charge on any atom is -0.477 e. The predicted molar refractivity (Wildman–Crippen MR) is 96.1 cm³/mol. The third kappa shape index (κ3) is 3.49. The van der Waals surface area contributed by atoms with E-state index in [1.165, 1.54) is 12.3 Å². The van der Waals surface area contributed by atoms with Crippen molar-refractivity contribution < 1.29 is 9.15 Å². The summed E-state index contributed by atoms with van der Waals surface area (Å²) in [5.74, 6) is 2.02. The van der Waals surface area contributed by atoms with Crippen LogP contribution in [0.3, 0.4) is 0 Å². The highest BCUT2D eigenvalue weighted by molar-refractivity contribution is 5.66. The molecule has 0 saturated heterocycles. The lowest BCUT2D eigenvalue weighted by molar-refractivity contribution is 0.285. The SMILES string of the molecule is Cc1ccc([C@H]2C[C@@H]2COc2nc(C)ncc2-c2ccc(=O)oc2)nc1. The van der Waals surface area contributed by atoms with Crippen molar-refractivity contribution in [1.29, 1.82) is 0 Å². The number of rotatable bonds is 5. The molecule has 6 nitrogen and oxygen atoms in total. The third-order valence-electron chi connectivity index (χ3n) is 4.56. The molecule has 0 aromatic carbocycles. The van der Waals surface area contributed by atoms with Crippen LogP contribution in [0.4, 0.5) is 0 Å². The monoisotopic (exact) mass is 349 g/mol. The molecule has 6 heteroatoms. The van der Waals surface area contributed by atoms with Crippen LogP contribution in [0, 0.1) is 19.8 Å². The predicted octanol–water partition coefficient (Wildman–Crippen LogP) is 3.29. The normalized spacial score (nSPS) is 18.5. The van der Waals surface area contributed by atoms with Crippen LogP contribution in [0.15, 0.2) is 52.1 Å². The van der Waals surface area contributed by atoms with Gasteiger partial charge in [0.25, 0.3) is 0 Å². The Morgan fingerprint density at radius 2 is 2.04 bits per heavy atom. The quantitative estimate of drug-likeness (QED) is 0.703. The van der Waals surface area contributed by atoms with E-state index in [0.717, 1.165) is 17.7 Å². The minimum absolute atomic E-state index is 0.393. The highest BCUT2D eigenvalue weighted by atomic mass is 16.5. The summed E-state index contributed by atoms with van der Waals surface area (Å²) in [6.07, 6.45) is 6.06. The van der Waals surface area contributed by atoms with Crippen molar-refractivity contribution >= 4 is 0 Å². The zero-order chi connectivity index (χ0) is 18.1. The van der Waals surface area contributed by atoms with Gasteiger partial charge in [0.05, 0.1) is 12.2 Å². The molecule has 3 heterocycles. The van der Waals surface area contributed by atoms with E-state index in [0.29, 0.717) is 41.3 Å². The molecule has 0 bridgehead atoms. The number of aryl methyl sites for hydroxylation is 2. The van der Waals surface area contributed by atoms with Gasteiger partial charge in [0.15, 0.2) is 0 Å². The molecule has 0 N–H and O–H groups in total. The molecule has 4 rings (SSSR count). The van der Waals surface area contributed by atoms with Crippen molar-refractivity contribution in [3.8, 4) is 17.0 Å². The standard InChI is InChI=1S/C20H19N3O3/c1-12-3-5-18(22-8-12)16-7-15(16)11-26-20-17(9-21-13(2)23-20)14-4-6-19(24)25-10-14/h3-6,8-10,15-16H,7,11H2,1-2H3/t15-,16+/m1/s1. The summed E-state index contributed by atoms with van der Waals surface area (Å²) >= 11 is 0. The van der Waals surface area contributed by atoms with Crippen LogP contribution in [0.25, 0.3) is 11.1 Å². The first-order chi connectivity index (χ1) is 12.6. The van der Waals surface area contributed by atoms with Crippen LogP contribution in [0.1, 0.15) is 29.4 Å². The van der Waals surface area contributed by atoms with Crippen molar-refractivity contribution in [2.45, 2.75) is 26.2 Å². The highest BCUT2D eigenvalue weighted by Crippen LogP contribution is 2.47. The molecule has 1 fully saturated rings. The van der Waals surface area contributed by atoms with Gasteiger partial charge in [-0.1, -0.05) is 6.07 Å². The van der Waals surface area contributed by atoms with E-state index in [1.54, 1.807) is 12.3 Å². The molecule has 1 aliphatic rings. The number of aromatic nitrogens is 3. The van der Waals surface area contributed by atoms with E-state index >= 15 is 0 Å². The fourth-order valence-corrected chi connectivity index (χ4v) is 2.95. The molecule has 0 amide bonds. The van der Waals surface area contributed by atoms with E-state index in [2.05, 4.69) is 27.1 Å². The van der Waals surface area contributed by atoms with Gasteiger partial charge >= 0.3 is 5.63 Å². The molecule has 3 aromatic rings. The summed E-state index contributed by atoms with van der Waals surface area (Å²) in [5.41, 5.74) is 3.32. The zero-order valence-electron chi connectivity index (χ0n) is 14.7. The van der Waals surface area contributed by atoms with Crippen LogP contribution in [0.5, 0.6) is 5.88 Å². The van der Waals surface area contributed by atoms with Gasteiger partial charge in [-0.2, -0.15) is 4.98 Å². The van der Waals surface area contributed by atoms with Crippen molar-refractivity contribution in [1.82, 2.24) is 15.0 Å². The van der Waals surface area contributed by atoms with Gasteiger partial charge in [0.2, 0.25) is 5.88 Å². The lowest BCUT2D eigenvalue weighted by Gasteiger charge is -2.10. The Morgan fingerprint density at radius 3 is 2.77 bits per heavy atom. The topological polar surface area (TPSA) is 78.1 Å². The van der Waals surface area contributed by atoms with E-state index in [9.17, 15) is 4.79 Å². The number of nitrogens with zero attached hydrogens (tertiary/aromatic N) is 3. The van der Waals surface area contributed by atoms with Crippen molar-refractivity contribution in [3.63, 3.8) is 0 Å². The molecule has 1 aliphatic carbocycles. The van der Waals surface area contributed by atoms with Gasteiger partial charge in [0, 0.05) is 41.6 Å². The Hall–Kier alpha value is -3.02. The lowest BCUT2D eigenvalue weighted by atomic mass is 10.1. The first-order valence-corrected chi connectivity index (χ1v) is 8.58. The molecule has 0 radical (unpaired) electrons. The highest BCUT2D eigenvalue weighted by Gasteiger charge is 2.40. The summed E-state index contributed by atoms with van der Waals surface area (Å²) < 4.78 is 10.9. The second kappa shape index (κ2) is 6.71. The summed E-state index contributed by atoms with van der Waals surface area (Å²) in [6.45, 7) is 4.42. The van der Waals surface area contributed by atoms with Crippen molar-refractivity contribution in [2.75, 3.05) is 6.61 Å². The fraction of sp³-hybridized carbons (Fsp3) is 0.300. The van der Waals surface area contributed by atoms with Crippen molar-refractivity contribution in [2.24, 2.45) is 5.92 Å². The number of hydrogen-bond acceptors (Lipinski definition) is 6. The first-order valence-electron chi connectivity index (χ1n) is 8.58. The van der Waals surface area contributed by atoms with E-state index in [1.807, 2.05) is 20.0 Å². The Morgan fingerprint density at radius 1 is 1.15 bits per heavy atom. The zero-order valence-corrected chi connectivity index (χ0v) is 14.7. The smallest absolute Gasteiger partial charge is 0.335 e. The maximum atomic E-state index is 11.2. The van der Waals surface area contributed by atoms with E-state index < -0.39 is 5.63 Å². The maximum absolute atomic E-state index is 11.2. The lowest BCUT2D eigenvalue weighted by Crippen LogP contribution is -2.06. The van der Waals surface area contributed by atoms with Gasteiger partial charge < -0.3 is 9.15 Å². The van der Waals surface area contributed by atoms with Crippen molar-refractivity contribution in [3.05, 3.63) is 70.4 Å². The molecule has 132 valence electrons. The molecule has 1 saturated carbocycles. The molecule has 0 aliphatic heterocycles. The summed E-state index contributed by atoms with van der Waals surface area (Å²) in [6, 6.07) is 7.24. The average Bonchev–Trinajstić information content (AvgIpc) is 3.41. The van der Waals surface area contributed by atoms with Gasteiger partial charge in [-0.05, 0) is 38.0 Å². The summed E-state index contributed by atoms with van der Waals surface area (Å²) in [4.78, 5) is 24.3. The fourth-order valence-electron chi connectivity index (χ4n) is 2.95. The van der Waals surface area contributed by atoms with Crippen LogP contribution in [-0.2, 0) is 0 Å². The number of ether oxygens (including phenoxy) is 1. The summed E-state index contributed by atoms with van der Waals surface area (Å²) in [7, 11) is 0. The Balaban J connectivity index is 1.48. The molecule has 2 atom stereocenters. The van der Waals surface area contributed by atoms with Crippen LogP contribution in [0.2, 0.25) is 0 Å². The molecule has 3 aromatic heterocycles. The van der Waals surface area contributed by atoms with Crippen LogP contribution < -0.4 is 10.4 Å². The molecular weight excluding hydrogens is 330 g/mol. The van der Waals surface area contributed by atoms with E-state index in [-0.39, 0.29) is 0 Å². The minimum atomic E-state index is -0.393. The second-order valence-corrected chi connectivity index (χ2v) is 6.65. The number of pyridine rings is 1. The average molecular weight is 349 g/mol. The number of hydrogen-bond donors (Lipinski definition) is 0. The first kappa shape index (κ1) is 16.4. The Kier molecular flexibility index (Phi) is 4.24. The second-order valence-electron chi connectivity index (χ2n) is 6.65. The van der Waals surface area contributed by atoms with Crippen LogP contribution >= 0.6 is 0 Å². The van der Waals surface area contributed by atoms with E-state index in [4.69, 9.17) is 9.15 Å². The Labute approximate surface area is 150 Å². The molecular formula is C20H19N3O3. The van der Waals surface area contributed by atoms with Gasteiger partial charge in [-0.3, -0.25) is 4.98 Å². The van der Waals surface area contributed by atoms with Gasteiger partial charge in [-0.25, -0.2) is 9.78 Å². The molecule has 26 heavy (non-hydrogen) atoms. The third-order valence-corrected chi connectivity index (χ3v) is 4.56. The molecule has 0 spiro atoms. The van der Waals surface area contributed by atoms with Gasteiger partial charge in [0.1, 0.15) is 12.1 Å². The van der Waals surface area contributed by atoms with Crippen LogP contribution in [-0.4, -0.2) is 21.6 Å². The Bertz CT molecular complexity index is 962.